The number of imidazole rings is 1. The molecule has 1 amide bonds. The highest BCUT2D eigenvalue weighted by molar-refractivity contribution is 5.82. The number of aliphatic hydroxyl groups is 2. The molecule has 2 aromatic heterocycles. The summed E-state index contributed by atoms with van der Waals surface area (Å²) in [5.74, 6) is -0.509. The van der Waals surface area contributed by atoms with Crippen LogP contribution in [0, 0.1) is 0 Å². The summed E-state index contributed by atoms with van der Waals surface area (Å²) in [4.78, 5) is 28.9. The molecule has 0 saturated carbocycles. The standard InChI is InChI=1S/C13H18N6O5/c1-2-3-23-18-12(22)9-7(20)8(21)13(24-9)19-5-17-6-10(14)15-4-16-11(6)19/h4-5,7-9,13,20-21H,2-3H2,1H3,(H,18,22)(H2,14,15,16)/t7-,8+,9-,13?/m0/s1. The van der Waals surface area contributed by atoms with Crippen molar-refractivity contribution in [2.24, 2.45) is 0 Å². The highest BCUT2D eigenvalue weighted by Gasteiger charge is 2.48. The zero-order chi connectivity index (χ0) is 17.3. The summed E-state index contributed by atoms with van der Waals surface area (Å²) in [5.41, 5.74) is 8.55. The zero-order valence-corrected chi connectivity index (χ0v) is 12.9. The van der Waals surface area contributed by atoms with Crippen LogP contribution >= 0.6 is 0 Å². The van der Waals surface area contributed by atoms with E-state index in [1.807, 2.05) is 6.92 Å². The van der Waals surface area contributed by atoms with Gasteiger partial charge in [0.15, 0.2) is 23.8 Å². The average Bonchev–Trinajstić information content (AvgIpc) is 3.11. The van der Waals surface area contributed by atoms with Gasteiger partial charge in [-0.2, -0.15) is 0 Å². The number of nitrogens with one attached hydrogen (secondary N) is 1. The summed E-state index contributed by atoms with van der Waals surface area (Å²) in [6, 6.07) is 0. The monoisotopic (exact) mass is 338 g/mol. The van der Waals surface area contributed by atoms with E-state index in [2.05, 4.69) is 20.4 Å². The first kappa shape index (κ1) is 16.5. The number of aromatic nitrogens is 4. The Morgan fingerprint density at radius 1 is 1.42 bits per heavy atom. The molecule has 1 saturated heterocycles. The SMILES string of the molecule is CCCONC(=O)[C@H]1OC(n2cnc3c(N)ncnc32)[C@H](O)[C@@H]1O. The van der Waals surface area contributed by atoms with Crippen molar-refractivity contribution in [1.82, 2.24) is 25.0 Å². The molecule has 24 heavy (non-hydrogen) atoms. The summed E-state index contributed by atoms with van der Waals surface area (Å²) in [7, 11) is 0. The number of rotatable bonds is 5. The van der Waals surface area contributed by atoms with Gasteiger partial charge in [-0.25, -0.2) is 20.4 Å². The molecule has 0 aliphatic carbocycles. The van der Waals surface area contributed by atoms with Gasteiger partial charge < -0.3 is 20.7 Å². The Kier molecular flexibility index (Phi) is 4.57. The van der Waals surface area contributed by atoms with E-state index in [0.717, 1.165) is 0 Å². The summed E-state index contributed by atoms with van der Waals surface area (Å²) in [6.45, 7) is 2.20. The van der Waals surface area contributed by atoms with Crippen LogP contribution in [0.1, 0.15) is 19.6 Å². The number of hydrogen-bond acceptors (Lipinski definition) is 9. The number of hydrogen-bond donors (Lipinski definition) is 4. The molecule has 0 aromatic carbocycles. The van der Waals surface area contributed by atoms with Crippen LogP contribution in [0.3, 0.4) is 0 Å². The van der Waals surface area contributed by atoms with Crippen LogP contribution < -0.4 is 11.2 Å². The van der Waals surface area contributed by atoms with Gasteiger partial charge in [-0.1, -0.05) is 6.92 Å². The Morgan fingerprint density at radius 2 is 2.21 bits per heavy atom. The Labute approximate surface area is 136 Å². The number of fused-ring (bicyclic) bond motifs is 1. The summed E-state index contributed by atoms with van der Waals surface area (Å²) in [6.07, 6.45) is -1.83. The minimum absolute atomic E-state index is 0.175. The van der Waals surface area contributed by atoms with Crippen LogP contribution in [0.4, 0.5) is 5.82 Å². The molecule has 0 spiro atoms. The molecule has 5 N–H and O–H groups in total. The number of nitrogen functional groups attached to an aromatic ring is 1. The fourth-order valence-electron chi connectivity index (χ4n) is 2.44. The molecule has 1 unspecified atom stereocenters. The molecule has 1 fully saturated rings. The van der Waals surface area contributed by atoms with Gasteiger partial charge in [-0.05, 0) is 6.42 Å². The second kappa shape index (κ2) is 6.65. The van der Waals surface area contributed by atoms with Crippen LogP contribution in [-0.4, -0.2) is 60.6 Å². The number of amides is 1. The molecular formula is C13H18N6O5. The average molecular weight is 338 g/mol. The molecule has 3 rings (SSSR count). The maximum absolute atomic E-state index is 12.0. The topological polar surface area (TPSA) is 158 Å². The first-order valence-corrected chi connectivity index (χ1v) is 7.40. The molecule has 3 heterocycles. The third-order valence-corrected chi connectivity index (χ3v) is 3.64. The van der Waals surface area contributed by atoms with Crippen molar-refractivity contribution in [3.8, 4) is 0 Å². The lowest BCUT2D eigenvalue weighted by molar-refractivity contribution is -0.150. The predicted octanol–water partition coefficient (Wildman–Crippen LogP) is -1.51. The maximum Gasteiger partial charge on any atom is 0.275 e. The van der Waals surface area contributed by atoms with E-state index in [4.69, 9.17) is 15.3 Å². The van der Waals surface area contributed by atoms with Gasteiger partial charge in [0.1, 0.15) is 24.1 Å². The predicted molar refractivity (Wildman–Crippen MR) is 80.0 cm³/mol. The van der Waals surface area contributed by atoms with Crippen molar-refractivity contribution in [1.29, 1.82) is 0 Å². The van der Waals surface area contributed by atoms with Crippen molar-refractivity contribution in [2.45, 2.75) is 37.9 Å². The minimum atomic E-state index is -1.43. The van der Waals surface area contributed by atoms with Crippen LogP contribution in [0.5, 0.6) is 0 Å². The molecule has 4 atom stereocenters. The van der Waals surface area contributed by atoms with E-state index < -0.39 is 30.4 Å². The number of nitrogens with two attached hydrogens (primary N) is 1. The molecule has 130 valence electrons. The Bertz CT molecular complexity index is 737. The molecule has 2 aromatic rings. The summed E-state index contributed by atoms with van der Waals surface area (Å²) < 4.78 is 6.89. The number of ether oxygens (including phenoxy) is 1. The summed E-state index contributed by atoms with van der Waals surface area (Å²) in [5, 5.41) is 20.3. The zero-order valence-electron chi connectivity index (χ0n) is 12.9. The number of carbonyl (C=O) groups is 1. The molecule has 1 aliphatic heterocycles. The van der Waals surface area contributed by atoms with E-state index in [-0.39, 0.29) is 5.82 Å². The van der Waals surface area contributed by atoms with Gasteiger partial charge in [-0.3, -0.25) is 14.2 Å². The van der Waals surface area contributed by atoms with Gasteiger partial charge in [0.25, 0.3) is 5.91 Å². The van der Waals surface area contributed by atoms with Crippen LogP contribution in [-0.2, 0) is 14.4 Å². The Hall–Kier alpha value is -2.34. The van der Waals surface area contributed by atoms with Crippen LogP contribution in [0.25, 0.3) is 11.2 Å². The van der Waals surface area contributed by atoms with Gasteiger partial charge in [0.2, 0.25) is 0 Å². The number of nitrogens with zero attached hydrogens (tertiary/aromatic N) is 4. The van der Waals surface area contributed by atoms with Gasteiger partial charge in [-0.15, -0.1) is 0 Å². The molecule has 11 heteroatoms. The molecule has 0 bridgehead atoms. The second-order valence-electron chi connectivity index (χ2n) is 5.33. The lowest BCUT2D eigenvalue weighted by Gasteiger charge is -2.16. The minimum Gasteiger partial charge on any atom is -0.387 e. The van der Waals surface area contributed by atoms with Gasteiger partial charge in [0.05, 0.1) is 12.9 Å². The van der Waals surface area contributed by atoms with Crippen LogP contribution in [0.15, 0.2) is 12.7 Å². The number of hydroxylamine groups is 1. The first-order chi connectivity index (χ1) is 11.5. The second-order valence-corrected chi connectivity index (χ2v) is 5.33. The lowest BCUT2D eigenvalue weighted by Crippen LogP contribution is -2.42. The smallest absolute Gasteiger partial charge is 0.275 e. The molecule has 11 nitrogen and oxygen atoms in total. The van der Waals surface area contributed by atoms with Crippen molar-refractivity contribution >= 4 is 22.9 Å². The highest BCUT2D eigenvalue weighted by Crippen LogP contribution is 2.32. The van der Waals surface area contributed by atoms with E-state index in [0.29, 0.717) is 24.2 Å². The van der Waals surface area contributed by atoms with Crippen molar-refractivity contribution in [2.75, 3.05) is 12.3 Å². The quantitative estimate of drug-likeness (QED) is 0.375. The van der Waals surface area contributed by atoms with Gasteiger partial charge in [0, 0.05) is 0 Å². The molecular weight excluding hydrogens is 320 g/mol. The fraction of sp³-hybridized carbons (Fsp3) is 0.538. The maximum atomic E-state index is 12.0. The number of aliphatic hydroxyl groups excluding tert-OH is 2. The molecule has 1 aliphatic rings. The highest BCUT2D eigenvalue weighted by atomic mass is 16.7. The third-order valence-electron chi connectivity index (χ3n) is 3.64. The fourth-order valence-corrected chi connectivity index (χ4v) is 2.44. The normalized spacial score (nSPS) is 26.8. The van der Waals surface area contributed by atoms with E-state index in [1.165, 1.54) is 17.2 Å². The van der Waals surface area contributed by atoms with E-state index >= 15 is 0 Å². The Balaban J connectivity index is 1.81. The lowest BCUT2D eigenvalue weighted by atomic mass is 10.1. The Morgan fingerprint density at radius 3 is 2.96 bits per heavy atom. The van der Waals surface area contributed by atoms with Crippen LogP contribution in [0.2, 0.25) is 0 Å². The number of anilines is 1. The first-order valence-electron chi connectivity index (χ1n) is 7.40. The number of carbonyl (C=O) groups excluding carboxylic acids is 1. The van der Waals surface area contributed by atoms with Gasteiger partial charge >= 0.3 is 0 Å². The van der Waals surface area contributed by atoms with E-state index in [9.17, 15) is 15.0 Å². The van der Waals surface area contributed by atoms with Crippen molar-refractivity contribution < 1.29 is 24.6 Å². The summed E-state index contributed by atoms with van der Waals surface area (Å²) >= 11 is 0. The van der Waals surface area contributed by atoms with Crippen molar-refractivity contribution in [3.05, 3.63) is 12.7 Å². The largest absolute Gasteiger partial charge is 0.387 e. The third kappa shape index (κ3) is 2.78. The van der Waals surface area contributed by atoms with Crippen molar-refractivity contribution in [3.63, 3.8) is 0 Å². The van der Waals surface area contributed by atoms with E-state index in [1.54, 1.807) is 0 Å². The molecule has 0 radical (unpaired) electrons.